The van der Waals surface area contributed by atoms with E-state index in [4.69, 9.17) is 4.42 Å². The molecule has 2 heteroatoms. The molecule has 0 N–H and O–H groups in total. The summed E-state index contributed by atoms with van der Waals surface area (Å²) in [5.41, 5.74) is 1.23. The van der Waals surface area contributed by atoms with Crippen molar-refractivity contribution in [2.75, 3.05) is 0 Å². The van der Waals surface area contributed by atoms with Gasteiger partial charge in [-0.15, -0.1) is 0 Å². The molecule has 1 aromatic rings. The average molecular weight is 187 g/mol. The Morgan fingerprint density at radius 1 is 1.33 bits per heavy atom. The van der Waals surface area contributed by atoms with Crippen molar-refractivity contribution < 1.29 is 4.42 Å². The Hall–Kier alpha value is -0.331. The summed E-state index contributed by atoms with van der Waals surface area (Å²) < 4.78 is 6.06. The Morgan fingerprint density at radius 3 is 2.44 bits per heavy atom. The molecular formula is C7H8OSe. The fourth-order valence-corrected chi connectivity index (χ4v) is 1.43. The van der Waals surface area contributed by atoms with Gasteiger partial charge in [-0.3, -0.25) is 0 Å². The molecule has 0 saturated carbocycles. The third-order valence-corrected chi connectivity index (χ3v) is 1.46. The molecular weight excluding hydrogens is 179 g/mol. The van der Waals surface area contributed by atoms with Crippen molar-refractivity contribution in [2.24, 2.45) is 0 Å². The van der Waals surface area contributed by atoms with Gasteiger partial charge < -0.3 is 0 Å². The topological polar surface area (TPSA) is 13.1 Å². The summed E-state index contributed by atoms with van der Waals surface area (Å²) >= 11 is 2.82. The minimum absolute atomic E-state index is 0.854. The summed E-state index contributed by atoms with van der Waals surface area (Å²) in [6.07, 6.45) is 0. The van der Waals surface area contributed by atoms with Crippen molar-refractivity contribution >= 4 is 15.6 Å². The zero-order valence-corrected chi connectivity index (χ0v) is 7.18. The molecule has 0 amide bonds. The van der Waals surface area contributed by atoms with Crippen molar-refractivity contribution in [1.29, 1.82) is 0 Å². The van der Waals surface area contributed by atoms with Gasteiger partial charge in [0.1, 0.15) is 0 Å². The standard InChI is InChI=1S/C7H8OSe/c1-5-3-6(2)8-7(9)4-5/h3-4H,1-2H3. The molecule has 0 atom stereocenters. The van der Waals surface area contributed by atoms with Gasteiger partial charge >= 0.3 is 61.6 Å². The van der Waals surface area contributed by atoms with Crippen LogP contribution in [0.15, 0.2) is 16.5 Å². The number of hydrogen-bond donors (Lipinski definition) is 0. The molecule has 0 spiro atoms. The second-order valence-electron chi connectivity index (χ2n) is 2.06. The van der Waals surface area contributed by atoms with Crippen molar-refractivity contribution in [1.82, 2.24) is 0 Å². The third-order valence-electron chi connectivity index (χ3n) is 1.04. The molecule has 1 heterocycles. The van der Waals surface area contributed by atoms with E-state index < -0.39 is 0 Å². The van der Waals surface area contributed by atoms with Gasteiger partial charge in [-0.05, 0) is 0 Å². The molecule has 1 rings (SSSR count). The van der Waals surface area contributed by atoms with Gasteiger partial charge in [-0.1, -0.05) is 0 Å². The van der Waals surface area contributed by atoms with E-state index in [1.165, 1.54) is 5.56 Å². The van der Waals surface area contributed by atoms with Gasteiger partial charge in [0.2, 0.25) is 0 Å². The van der Waals surface area contributed by atoms with Crippen LogP contribution in [0.5, 0.6) is 0 Å². The van der Waals surface area contributed by atoms with Crippen LogP contribution >= 0.6 is 0 Å². The summed E-state index contributed by atoms with van der Waals surface area (Å²) in [5, 5.41) is 0. The fourth-order valence-electron chi connectivity index (χ4n) is 0.766. The number of rotatable bonds is 0. The Kier molecular flexibility index (Phi) is 1.89. The molecule has 0 radical (unpaired) electrons. The third kappa shape index (κ3) is 1.81. The first-order valence-electron chi connectivity index (χ1n) is 2.77. The summed E-state index contributed by atoms with van der Waals surface area (Å²) in [4.78, 5) is 0. The Bertz CT molecular complexity index is 239. The molecule has 48 valence electrons. The first kappa shape index (κ1) is 6.78. The zero-order chi connectivity index (χ0) is 6.85. The van der Waals surface area contributed by atoms with Crippen LogP contribution in [0.4, 0.5) is 0 Å². The van der Waals surface area contributed by atoms with Crippen molar-refractivity contribution in [3.63, 3.8) is 0 Å². The minimum atomic E-state index is 0.854. The normalized spacial score (nSPS) is 9.56. The van der Waals surface area contributed by atoms with Crippen LogP contribution in [-0.2, 0) is 0 Å². The van der Waals surface area contributed by atoms with Crippen LogP contribution in [0, 0.1) is 18.1 Å². The van der Waals surface area contributed by atoms with E-state index in [1.807, 2.05) is 26.0 Å². The molecule has 0 aliphatic carbocycles. The van der Waals surface area contributed by atoms with Crippen molar-refractivity contribution in [2.45, 2.75) is 13.8 Å². The number of aryl methyl sites for hydroxylation is 2. The van der Waals surface area contributed by atoms with E-state index in [2.05, 4.69) is 15.6 Å². The maximum absolute atomic E-state index is 5.20. The fraction of sp³-hybridized carbons (Fsp3) is 0.286. The molecule has 0 aliphatic rings. The monoisotopic (exact) mass is 188 g/mol. The molecule has 0 aromatic carbocycles. The summed E-state index contributed by atoms with van der Waals surface area (Å²) in [6.45, 7) is 3.98. The van der Waals surface area contributed by atoms with E-state index >= 15 is 0 Å². The molecule has 9 heavy (non-hydrogen) atoms. The summed E-state index contributed by atoms with van der Waals surface area (Å²) in [7, 11) is 0. The first-order valence-corrected chi connectivity index (χ1v) is 3.62. The molecule has 0 unspecified atom stereocenters. The molecule has 0 aliphatic heterocycles. The second kappa shape index (κ2) is 2.51. The predicted molar refractivity (Wildman–Crippen MR) is 37.2 cm³/mol. The first-order chi connectivity index (χ1) is 4.18. The van der Waals surface area contributed by atoms with Crippen molar-refractivity contribution in [3.05, 3.63) is 27.7 Å². The molecule has 0 fully saturated rings. The van der Waals surface area contributed by atoms with Crippen molar-refractivity contribution in [3.8, 4) is 0 Å². The van der Waals surface area contributed by atoms with Crippen LogP contribution in [0.2, 0.25) is 0 Å². The molecule has 0 bridgehead atoms. The predicted octanol–water partition coefficient (Wildman–Crippen LogP) is 1.60. The van der Waals surface area contributed by atoms with E-state index in [9.17, 15) is 0 Å². The SMILES string of the molecule is Cc1cc(C)oc(=[Se])c1. The Labute approximate surface area is 62.1 Å². The molecule has 0 saturated heterocycles. The van der Waals surface area contributed by atoms with Crippen LogP contribution in [0.3, 0.4) is 0 Å². The molecule has 1 aromatic heterocycles. The van der Waals surface area contributed by atoms with Gasteiger partial charge in [-0.25, -0.2) is 0 Å². The van der Waals surface area contributed by atoms with E-state index in [1.54, 1.807) is 0 Å². The number of hydrogen-bond acceptors (Lipinski definition) is 1. The Morgan fingerprint density at radius 2 is 2.00 bits per heavy atom. The van der Waals surface area contributed by atoms with Crippen LogP contribution in [-0.4, -0.2) is 15.6 Å². The van der Waals surface area contributed by atoms with E-state index in [0.717, 1.165) is 10.0 Å². The van der Waals surface area contributed by atoms with Gasteiger partial charge in [0.25, 0.3) is 0 Å². The van der Waals surface area contributed by atoms with Crippen LogP contribution in [0.1, 0.15) is 11.3 Å². The van der Waals surface area contributed by atoms with E-state index in [0.29, 0.717) is 0 Å². The zero-order valence-electron chi connectivity index (χ0n) is 5.47. The summed E-state index contributed by atoms with van der Waals surface area (Å²) in [6, 6.07) is 3.97. The summed E-state index contributed by atoms with van der Waals surface area (Å²) in [5.74, 6) is 0.948. The maximum atomic E-state index is 5.20. The van der Waals surface area contributed by atoms with E-state index in [-0.39, 0.29) is 0 Å². The van der Waals surface area contributed by atoms with Crippen LogP contribution in [0.25, 0.3) is 0 Å². The van der Waals surface area contributed by atoms with Gasteiger partial charge in [0.15, 0.2) is 0 Å². The van der Waals surface area contributed by atoms with Gasteiger partial charge in [-0.2, -0.15) is 0 Å². The quantitative estimate of drug-likeness (QED) is 0.562. The second-order valence-corrected chi connectivity index (χ2v) is 2.91. The van der Waals surface area contributed by atoms with Crippen LogP contribution < -0.4 is 0 Å². The Balaban J connectivity index is 3.33. The van der Waals surface area contributed by atoms with Gasteiger partial charge in [0, 0.05) is 0 Å². The average Bonchev–Trinajstić information content (AvgIpc) is 1.59. The molecule has 1 nitrogen and oxygen atoms in total. The van der Waals surface area contributed by atoms with Gasteiger partial charge in [0.05, 0.1) is 0 Å².